The number of nitrogens with zero attached hydrogens (tertiary/aromatic N) is 1. The Bertz CT molecular complexity index is 478. The molecule has 3 atom stereocenters. The molecule has 1 saturated heterocycles. The second kappa shape index (κ2) is 7.81. The Balaban J connectivity index is 0.00000220. The van der Waals surface area contributed by atoms with Gasteiger partial charge in [-0.15, -0.1) is 12.4 Å². The van der Waals surface area contributed by atoms with Gasteiger partial charge >= 0.3 is 0 Å². The number of aryl methyl sites for hydroxylation is 1. The van der Waals surface area contributed by atoms with Crippen molar-refractivity contribution in [2.75, 3.05) is 13.1 Å². The van der Waals surface area contributed by atoms with Crippen molar-refractivity contribution in [1.82, 2.24) is 10.2 Å². The predicted molar refractivity (Wildman–Crippen MR) is 90.1 cm³/mol. The van der Waals surface area contributed by atoms with E-state index in [1.54, 1.807) is 0 Å². The molecule has 118 valence electrons. The van der Waals surface area contributed by atoms with Crippen molar-refractivity contribution >= 4 is 18.3 Å². The number of benzene rings is 1. The Morgan fingerprint density at radius 1 is 1.38 bits per heavy atom. The smallest absolute Gasteiger partial charge is 0.223 e. The van der Waals surface area contributed by atoms with Gasteiger partial charge in [0.15, 0.2) is 0 Å². The van der Waals surface area contributed by atoms with Crippen molar-refractivity contribution in [3.63, 3.8) is 0 Å². The highest BCUT2D eigenvalue weighted by atomic mass is 35.5. The third kappa shape index (κ3) is 4.21. The highest BCUT2D eigenvalue weighted by Crippen LogP contribution is 2.24. The molecule has 1 aliphatic rings. The molecular weight excluding hydrogens is 284 g/mol. The summed E-state index contributed by atoms with van der Waals surface area (Å²) < 4.78 is 0. The van der Waals surface area contributed by atoms with E-state index in [4.69, 9.17) is 0 Å². The first kappa shape index (κ1) is 18.0. The van der Waals surface area contributed by atoms with Gasteiger partial charge in [0.1, 0.15) is 0 Å². The van der Waals surface area contributed by atoms with Crippen LogP contribution < -0.4 is 5.32 Å². The molecule has 0 aromatic heterocycles. The van der Waals surface area contributed by atoms with Crippen molar-refractivity contribution in [2.45, 2.75) is 52.1 Å². The molecule has 1 aromatic carbocycles. The lowest BCUT2D eigenvalue weighted by molar-refractivity contribution is -0.135. The van der Waals surface area contributed by atoms with E-state index in [9.17, 15) is 4.79 Å². The lowest BCUT2D eigenvalue weighted by Crippen LogP contribution is -2.57. The third-order valence-corrected chi connectivity index (χ3v) is 4.55. The molecule has 1 heterocycles. The number of rotatable bonds is 3. The molecule has 21 heavy (non-hydrogen) atoms. The van der Waals surface area contributed by atoms with Crippen LogP contribution in [0.15, 0.2) is 24.3 Å². The first-order valence-electron chi connectivity index (χ1n) is 7.59. The summed E-state index contributed by atoms with van der Waals surface area (Å²) in [7, 11) is 0. The fourth-order valence-electron chi connectivity index (χ4n) is 3.04. The average Bonchev–Trinajstić information content (AvgIpc) is 2.42. The van der Waals surface area contributed by atoms with Gasteiger partial charge in [0.2, 0.25) is 5.91 Å². The van der Waals surface area contributed by atoms with Crippen molar-refractivity contribution < 1.29 is 4.79 Å². The lowest BCUT2D eigenvalue weighted by atomic mass is 9.93. The van der Waals surface area contributed by atoms with E-state index >= 15 is 0 Å². The molecule has 2 rings (SSSR count). The number of halogens is 1. The molecule has 0 saturated carbocycles. The van der Waals surface area contributed by atoms with E-state index < -0.39 is 0 Å². The summed E-state index contributed by atoms with van der Waals surface area (Å²) in [5.74, 6) is 0.558. The standard InChI is InChI=1S/C17H26N2O.ClH/c1-12-7-5-6-8-16(12)13(2)11-17(20)19-10-9-18-14(3)15(19)4;/h5-8,13-15,18H,9-11H2,1-4H3;1H. The minimum absolute atomic E-state index is 0. The molecule has 4 heteroatoms. The quantitative estimate of drug-likeness (QED) is 0.930. The van der Waals surface area contributed by atoms with Crippen LogP contribution in [0.1, 0.15) is 44.2 Å². The van der Waals surface area contributed by atoms with Crippen LogP contribution in [0.25, 0.3) is 0 Å². The zero-order valence-corrected chi connectivity index (χ0v) is 14.2. The molecule has 1 N–H and O–H groups in total. The molecule has 3 nitrogen and oxygen atoms in total. The van der Waals surface area contributed by atoms with E-state index in [1.807, 2.05) is 11.0 Å². The second-order valence-corrected chi connectivity index (χ2v) is 6.03. The maximum Gasteiger partial charge on any atom is 0.223 e. The molecule has 3 unspecified atom stereocenters. The molecule has 0 spiro atoms. The predicted octanol–water partition coefficient (Wildman–Crippen LogP) is 3.12. The number of amides is 1. The topological polar surface area (TPSA) is 32.3 Å². The zero-order chi connectivity index (χ0) is 14.7. The summed E-state index contributed by atoms with van der Waals surface area (Å²) >= 11 is 0. The van der Waals surface area contributed by atoms with Crippen LogP contribution in [-0.4, -0.2) is 36.0 Å². The Kier molecular flexibility index (Phi) is 6.69. The van der Waals surface area contributed by atoms with Gasteiger partial charge in [0, 0.05) is 31.6 Å². The van der Waals surface area contributed by atoms with Crippen LogP contribution in [0.4, 0.5) is 0 Å². The number of nitrogens with one attached hydrogen (secondary N) is 1. The van der Waals surface area contributed by atoms with E-state index in [1.165, 1.54) is 11.1 Å². The van der Waals surface area contributed by atoms with Crippen molar-refractivity contribution in [2.24, 2.45) is 0 Å². The van der Waals surface area contributed by atoms with Crippen molar-refractivity contribution in [3.8, 4) is 0 Å². The normalized spacial score (nSPS) is 23.3. The summed E-state index contributed by atoms with van der Waals surface area (Å²) in [6.45, 7) is 10.3. The molecule has 0 radical (unpaired) electrons. The first-order chi connectivity index (χ1) is 9.50. The monoisotopic (exact) mass is 310 g/mol. The van der Waals surface area contributed by atoms with Gasteiger partial charge in [-0.25, -0.2) is 0 Å². The summed E-state index contributed by atoms with van der Waals surface area (Å²) in [6.07, 6.45) is 0.599. The minimum atomic E-state index is 0. The van der Waals surface area contributed by atoms with Gasteiger partial charge in [0.25, 0.3) is 0 Å². The van der Waals surface area contributed by atoms with Crippen LogP contribution in [0.2, 0.25) is 0 Å². The first-order valence-corrected chi connectivity index (χ1v) is 7.59. The van der Waals surface area contributed by atoms with Crippen molar-refractivity contribution in [3.05, 3.63) is 35.4 Å². The summed E-state index contributed by atoms with van der Waals surface area (Å²) in [6, 6.07) is 9.01. The number of hydrogen-bond acceptors (Lipinski definition) is 2. The maximum atomic E-state index is 12.5. The lowest BCUT2D eigenvalue weighted by Gasteiger charge is -2.39. The number of piperazine rings is 1. The van der Waals surface area contributed by atoms with E-state index in [2.05, 4.69) is 51.2 Å². The highest BCUT2D eigenvalue weighted by Gasteiger charge is 2.28. The summed E-state index contributed by atoms with van der Waals surface area (Å²) in [5, 5.41) is 3.42. The second-order valence-electron chi connectivity index (χ2n) is 6.03. The minimum Gasteiger partial charge on any atom is -0.337 e. The molecule has 0 bridgehead atoms. The van der Waals surface area contributed by atoms with Crippen LogP contribution in [0.5, 0.6) is 0 Å². The molecule has 1 aromatic rings. The van der Waals surface area contributed by atoms with E-state index in [0.29, 0.717) is 12.5 Å². The van der Waals surface area contributed by atoms with Crippen LogP contribution in [0, 0.1) is 6.92 Å². The summed E-state index contributed by atoms with van der Waals surface area (Å²) in [4.78, 5) is 14.6. The Morgan fingerprint density at radius 3 is 2.71 bits per heavy atom. The van der Waals surface area contributed by atoms with Gasteiger partial charge in [0.05, 0.1) is 0 Å². The average molecular weight is 311 g/mol. The molecule has 1 aliphatic heterocycles. The van der Waals surface area contributed by atoms with Gasteiger partial charge in [-0.3, -0.25) is 4.79 Å². The molecular formula is C17H27ClN2O. The van der Waals surface area contributed by atoms with Crippen LogP contribution in [0.3, 0.4) is 0 Å². The fraction of sp³-hybridized carbons (Fsp3) is 0.588. The van der Waals surface area contributed by atoms with Gasteiger partial charge in [-0.2, -0.15) is 0 Å². The molecule has 1 fully saturated rings. The molecule has 1 amide bonds. The largest absolute Gasteiger partial charge is 0.337 e. The Hall–Kier alpha value is -1.06. The Morgan fingerprint density at radius 2 is 2.05 bits per heavy atom. The Labute approximate surface area is 134 Å². The van der Waals surface area contributed by atoms with E-state index in [0.717, 1.165) is 13.1 Å². The number of carbonyl (C=O) groups excluding carboxylic acids is 1. The van der Waals surface area contributed by atoms with Crippen LogP contribution >= 0.6 is 12.4 Å². The van der Waals surface area contributed by atoms with Gasteiger partial charge in [-0.1, -0.05) is 31.2 Å². The van der Waals surface area contributed by atoms with Crippen LogP contribution in [-0.2, 0) is 4.79 Å². The number of hydrogen-bond donors (Lipinski definition) is 1. The number of carbonyl (C=O) groups is 1. The van der Waals surface area contributed by atoms with Gasteiger partial charge < -0.3 is 10.2 Å². The SMILES string of the molecule is Cc1ccccc1C(C)CC(=O)N1CCNC(C)C1C.Cl. The van der Waals surface area contributed by atoms with Gasteiger partial charge in [-0.05, 0) is 37.8 Å². The third-order valence-electron chi connectivity index (χ3n) is 4.55. The maximum absolute atomic E-state index is 12.5. The highest BCUT2D eigenvalue weighted by molar-refractivity contribution is 5.85. The zero-order valence-electron chi connectivity index (χ0n) is 13.4. The summed E-state index contributed by atoms with van der Waals surface area (Å²) in [5.41, 5.74) is 2.56. The molecule has 0 aliphatic carbocycles. The fourth-order valence-corrected chi connectivity index (χ4v) is 3.04. The van der Waals surface area contributed by atoms with Crippen molar-refractivity contribution in [1.29, 1.82) is 0 Å². The van der Waals surface area contributed by atoms with E-state index in [-0.39, 0.29) is 30.3 Å².